The number of thioether (sulfide) groups is 2. The Hall–Kier alpha value is -2.96. The van der Waals surface area contributed by atoms with Crippen molar-refractivity contribution in [2.75, 3.05) is 17.2 Å². The number of aromatic nitrogens is 4. The van der Waals surface area contributed by atoms with Crippen LogP contribution in [-0.2, 0) is 14.4 Å². The number of nitrogen functional groups attached to an aromatic ring is 1. The molecule has 2 atom stereocenters. The van der Waals surface area contributed by atoms with Crippen LogP contribution in [0.2, 0.25) is 10.0 Å². The van der Waals surface area contributed by atoms with E-state index in [-0.39, 0.29) is 33.1 Å². The molecule has 13 nitrogen and oxygen atoms in total. The molecule has 0 spiro atoms. The first kappa shape index (κ1) is 27.6. The van der Waals surface area contributed by atoms with Gasteiger partial charge in [-0.05, 0) is 17.7 Å². The van der Waals surface area contributed by atoms with E-state index in [0.717, 1.165) is 11.5 Å². The fraction of sp³-hybridized carbons (Fsp3) is 0.200. The molecule has 3 aromatic rings. The Labute approximate surface area is 246 Å². The van der Waals surface area contributed by atoms with Gasteiger partial charge in [0.1, 0.15) is 22.6 Å². The van der Waals surface area contributed by atoms with Gasteiger partial charge in [0.25, 0.3) is 11.8 Å². The molecule has 0 saturated carbocycles. The Kier molecular flexibility index (Phi) is 8.24. The summed E-state index contributed by atoms with van der Waals surface area (Å²) in [6, 6.07) is 3.37. The number of nitrogens with two attached hydrogens (primary N) is 1. The summed E-state index contributed by atoms with van der Waals surface area (Å²) in [7, 11) is 0. The van der Waals surface area contributed by atoms with E-state index in [1.165, 1.54) is 58.0 Å². The van der Waals surface area contributed by atoms with Crippen LogP contribution >= 0.6 is 69.6 Å². The number of rotatable bonds is 9. The van der Waals surface area contributed by atoms with Crippen molar-refractivity contribution in [3.8, 4) is 5.75 Å². The zero-order valence-electron chi connectivity index (χ0n) is 19.1. The van der Waals surface area contributed by atoms with E-state index >= 15 is 0 Å². The van der Waals surface area contributed by atoms with Crippen LogP contribution < -0.4 is 15.9 Å². The molecule has 0 bridgehead atoms. The molecule has 39 heavy (non-hydrogen) atoms. The van der Waals surface area contributed by atoms with Gasteiger partial charge >= 0.3 is 5.97 Å². The van der Waals surface area contributed by atoms with E-state index in [1.807, 2.05) is 0 Å². The van der Waals surface area contributed by atoms with Gasteiger partial charge in [0, 0.05) is 29.1 Å². The number of carboxylic acids is 1. The molecule has 2 aliphatic heterocycles. The van der Waals surface area contributed by atoms with Gasteiger partial charge < -0.3 is 21.0 Å². The minimum Gasteiger partial charge on any atom is -0.477 e. The van der Waals surface area contributed by atoms with E-state index in [0.29, 0.717) is 26.4 Å². The number of β-lactam (4-membered cyclic amide) rings is 1. The molecule has 4 heterocycles. The predicted octanol–water partition coefficient (Wildman–Crippen LogP) is 2.59. The normalized spacial score (nSPS) is 19.0. The Morgan fingerprint density at radius 1 is 1.33 bits per heavy atom. The average Bonchev–Trinajstić information content (AvgIpc) is 3.59. The minimum atomic E-state index is -1.23. The van der Waals surface area contributed by atoms with Gasteiger partial charge in [0.05, 0.1) is 10.0 Å². The summed E-state index contributed by atoms with van der Waals surface area (Å²) < 4.78 is 4.70. The SMILES string of the molecule is Nc1nc(C(=NOc2ccc(Cl)c(Cl)c2)C(=O)NC2C(=O)N3C(C(=O)O)=C(CSc4nncs4)CS[C@@H]23)ns1. The van der Waals surface area contributed by atoms with Crippen molar-refractivity contribution in [3.05, 3.63) is 50.8 Å². The number of carbonyl (C=O) groups excluding carboxylic acids is 2. The van der Waals surface area contributed by atoms with Crippen LogP contribution in [-0.4, -0.2) is 76.0 Å². The van der Waals surface area contributed by atoms with Gasteiger partial charge in [-0.2, -0.15) is 9.36 Å². The third-order valence-corrected chi connectivity index (χ3v) is 9.82. The van der Waals surface area contributed by atoms with E-state index in [9.17, 15) is 19.5 Å². The number of hydrogen-bond donors (Lipinski definition) is 3. The number of nitrogens with zero attached hydrogens (tertiary/aromatic N) is 6. The Morgan fingerprint density at radius 2 is 2.15 bits per heavy atom. The molecule has 0 aliphatic carbocycles. The number of hydrogen-bond acceptors (Lipinski definition) is 14. The number of halogens is 2. The Morgan fingerprint density at radius 3 is 2.82 bits per heavy atom. The maximum atomic E-state index is 13.2. The number of oxime groups is 1. The second-order valence-electron chi connectivity index (χ2n) is 7.67. The second kappa shape index (κ2) is 11.6. The molecule has 1 unspecified atom stereocenters. The molecule has 2 aliphatic rings. The van der Waals surface area contributed by atoms with Gasteiger partial charge in [-0.25, -0.2) is 4.79 Å². The number of anilines is 1. The quantitative estimate of drug-likeness (QED) is 0.134. The first-order valence-corrected chi connectivity index (χ1v) is 15.1. The highest BCUT2D eigenvalue weighted by Gasteiger charge is 2.54. The van der Waals surface area contributed by atoms with Crippen LogP contribution in [0.4, 0.5) is 5.13 Å². The van der Waals surface area contributed by atoms with Gasteiger partial charge in [-0.1, -0.05) is 51.5 Å². The van der Waals surface area contributed by atoms with Crippen molar-refractivity contribution in [2.45, 2.75) is 15.8 Å². The van der Waals surface area contributed by atoms with Crippen molar-refractivity contribution in [2.24, 2.45) is 5.16 Å². The minimum absolute atomic E-state index is 0.0870. The van der Waals surface area contributed by atoms with Crippen molar-refractivity contribution in [1.82, 2.24) is 29.8 Å². The fourth-order valence-electron chi connectivity index (χ4n) is 3.53. The Balaban J connectivity index is 1.33. The number of nitrogens with one attached hydrogen (secondary N) is 1. The molecular formula is C20H14Cl2N8O5S4. The lowest BCUT2D eigenvalue weighted by Gasteiger charge is -2.49. The van der Waals surface area contributed by atoms with Crippen LogP contribution in [0.15, 0.2) is 44.5 Å². The molecule has 1 fully saturated rings. The summed E-state index contributed by atoms with van der Waals surface area (Å²) in [6.45, 7) is 0. The lowest BCUT2D eigenvalue weighted by Crippen LogP contribution is -2.71. The summed E-state index contributed by atoms with van der Waals surface area (Å²) in [5.74, 6) is -1.88. The molecule has 202 valence electrons. The summed E-state index contributed by atoms with van der Waals surface area (Å²) >= 11 is 16.8. The second-order valence-corrected chi connectivity index (χ2v) is 12.4. The topological polar surface area (TPSA) is 186 Å². The number of fused-ring (bicyclic) bond motifs is 1. The lowest BCUT2D eigenvalue weighted by molar-refractivity contribution is -0.150. The number of amides is 2. The zero-order chi connectivity index (χ0) is 27.7. The number of carboxylic acid groups (broad SMARTS) is 1. The van der Waals surface area contributed by atoms with Crippen LogP contribution in [0.25, 0.3) is 0 Å². The molecule has 19 heteroatoms. The highest BCUT2D eigenvalue weighted by Crippen LogP contribution is 2.41. The van der Waals surface area contributed by atoms with E-state index in [4.69, 9.17) is 33.8 Å². The lowest BCUT2D eigenvalue weighted by atomic mass is 10.0. The maximum absolute atomic E-state index is 13.2. The van der Waals surface area contributed by atoms with E-state index in [2.05, 4.69) is 30.0 Å². The Bertz CT molecular complexity index is 1520. The third kappa shape index (κ3) is 5.82. The van der Waals surface area contributed by atoms with Gasteiger partial charge in [0.15, 0.2) is 15.2 Å². The smallest absolute Gasteiger partial charge is 0.352 e. The first-order valence-electron chi connectivity index (χ1n) is 10.6. The molecule has 4 N–H and O–H groups in total. The van der Waals surface area contributed by atoms with Gasteiger partial charge in [-0.15, -0.1) is 22.0 Å². The summed E-state index contributed by atoms with van der Waals surface area (Å²) in [6.07, 6.45) is 0. The maximum Gasteiger partial charge on any atom is 0.352 e. The number of benzene rings is 1. The molecular weight excluding hydrogens is 631 g/mol. The van der Waals surface area contributed by atoms with Crippen LogP contribution in [0.1, 0.15) is 5.82 Å². The first-order chi connectivity index (χ1) is 18.7. The van der Waals surface area contributed by atoms with Crippen molar-refractivity contribution < 1.29 is 24.3 Å². The van der Waals surface area contributed by atoms with Crippen LogP contribution in [0.3, 0.4) is 0 Å². The van der Waals surface area contributed by atoms with Crippen molar-refractivity contribution in [3.63, 3.8) is 0 Å². The van der Waals surface area contributed by atoms with Crippen molar-refractivity contribution in [1.29, 1.82) is 0 Å². The van der Waals surface area contributed by atoms with Crippen molar-refractivity contribution >= 4 is 98.2 Å². The summed E-state index contributed by atoms with van der Waals surface area (Å²) in [4.78, 5) is 48.9. The van der Waals surface area contributed by atoms with Crippen LogP contribution in [0.5, 0.6) is 5.75 Å². The van der Waals surface area contributed by atoms with Gasteiger partial charge in [0.2, 0.25) is 11.5 Å². The number of carbonyl (C=O) groups is 3. The molecule has 1 saturated heterocycles. The number of aliphatic carboxylic acids is 1. The molecule has 0 radical (unpaired) electrons. The highest BCUT2D eigenvalue weighted by molar-refractivity contribution is 8.01. The largest absolute Gasteiger partial charge is 0.477 e. The highest BCUT2D eigenvalue weighted by atomic mass is 35.5. The molecule has 5 rings (SSSR count). The molecule has 2 amide bonds. The van der Waals surface area contributed by atoms with E-state index in [1.54, 1.807) is 5.51 Å². The standard InChI is InChI=1S/C20H14Cl2N8O5S4/c21-9-2-1-8(3-10(9)22)35-28-11(14-26-19(23)39-29-14)15(31)25-12-16(32)30-13(18(33)34)7(4-36-17(12)30)5-37-20-27-24-6-38-20/h1-3,6,12,17H,4-5H2,(H,25,31)(H,33,34)(H2,23,26,29)/t12?,17-/m0/s1. The fourth-order valence-corrected chi connectivity index (χ4v) is 7.22. The summed E-state index contributed by atoms with van der Waals surface area (Å²) in [5, 5.41) is 24.0. The monoisotopic (exact) mass is 644 g/mol. The zero-order valence-corrected chi connectivity index (χ0v) is 23.9. The average molecular weight is 646 g/mol. The molecule has 1 aromatic carbocycles. The molecule has 2 aromatic heterocycles. The third-order valence-electron chi connectivity index (χ3n) is 5.25. The predicted molar refractivity (Wildman–Crippen MR) is 148 cm³/mol. The van der Waals surface area contributed by atoms with E-state index < -0.39 is 29.2 Å². The van der Waals surface area contributed by atoms with Crippen LogP contribution in [0, 0.1) is 0 Å². The summed E-state index contributed by atoms with van der Waals surface area (Å²) in [5.41, 5.74) is 7.38. The van der Waals surface area contributed by atoms with Gasteiger partial charge in [-0.3, -0.25) is 14.5 Å².